The Labute approximate surface area is 126 Å². The molecule has 4 heteroatoms. The standard InChI is InChI=1S/C18H15F3O/c19-18(20,21)16(8-6-13-4-2-1-3-5-13)14-7-9-17-15(12-14)10-11-22-17/h1-5,7,9-12,16H,6,8H2/t16-/m1/s1. The molecule has 0 unspecified atom stereocenters. The summed E-state index contributed by atoms with van der Waals surface area (Å²) in [5.41, 5.74) is 1.81. The maximum atomic E-state index is 13.4. The lowest BCUT2D eigenvalue weighted by Gasteiger charge is -2.21. The molecule has 3 aromatic rings. The average molecular weight is 304 g/mol. The van der Waals surface area contributed by atoms with Crippen LogP contribution >= 0.6 is 0 Å². The lowest BCUT2D eigenvalue weighted by atomic mass is 9.91. The van der Waals surface area contributed by atoms with Crippen LogP contribution in [0, 0.1) is 0 Å². The van der Waals surface area contributed by atoms with Gasteiger partial charge in [-0.3, -0.25) is 0 Å². The Kier molecular flexibility index (Phi) is 3.92. The van der Waals surface area contributed by atoms with Crippen molar-refractivity contribution >= 4 is 11.0 Å². The molecule has 0 spiro atoms. The van der Waals surface area contributed by atoms with Crippen molar-refractivity contribution in [2.24, 2.45) is 0 Å². The molecule has 22 heavy (non-hydrogen) atoms. The van der Waals surface area contributed by atoms with Gasteiger partial charge in [0.2, 0.25) is 0 Å². The van der Waals surface area contributed by atoms with Gasteiger partial charge >= 0.3 is 6.18 Å². The highest BCUT2D eigenvalue weighted by molar-refractivity contribution is 5.77. The molecule has 0 fully saturated rings. The molecule has 0 bridgehead atoms. The minimum Gasteiger partial charge on any atom is -0.464 e. The van der Waals surface area contributed by atoms with Gasteiger partial charge in [-0.25, -0.2) is 0 Å². The second-order valence-corrected chi connectivity index (χ2v) is 5.34. The number of aryl methyl sites for hydroxylation is 1. The summed E-state index contributed by atoms with van der Waals surface area (Å²) in [4.78, 5) is 0. The Hall–Kier alpha value is -2.23. The molecule has 0 aliphatic heterocycles. The summed E-state index contributed by atoms with van der Waals surface area (Å²) in [6, 6.07) is 15.6. The van der Waals surface area contributed by atoms with E-state index in [9.17, 15) is 13.2 Å². The van der Waals surface area contributed by atoms with Crippen molar-refractivity contribution in [3.63, 3.8) is 0 Å². The SMILES string of the molecule is FC(F)(F)[C@H](CCc1ccccc1)c1ccc2occc2c1. The predicted octanol–water partition coefficient (Wildman–Crippen LogP) is 5.71. The molecule has 3 rings (SSSR count). The van der Waals surface area contributed by atoms with Crippen LogP contribution in [0.4, 0.5) is 13.2 Å². The molecule has 2 aromatic carbocycles. The van der Waals surface area contributed by atoms with Gasteiger partial charge in [0.25, 0.3) is 0 Å². The number of furan rings is 1. The van der Waals surface area contributed by atoms with Crippen molar-refractivity contribution in [1.29, 1.82) is 0 Å². The van der Waals surface area contributed by atoms with Crippen LogP contribution in [-0.4, -0.2) is 6.18 Å². The summed E-state index contributed by atoms with van der Waals surface area (Å²) >= 11 is 0. The third kappa shape index (κ3) is 3.16. The van der Waals surface area contributed by atoms with Gasteiger partial charge in [-0.15, -0.1) is 0 Å². The van der Waals surface area contributed by atoms with E-state index in [2.05, 4.69) is 0 Å². The Bertz CT molecular complexity index is 744. The largest absolute Gasteiger partial charge is 0.464 e. The Morgan fingerprint density at radius 1 is 0.955 bits per heavy atom. The van der Waals surface area contributed by atoms with Crippen LogP contribution in [0.5, 0.6) is 0 Å². The average Bonchev–Trinajstić information content (AvgIpc) is 2.95. The zero-order chi connectivity index (χ0) is 15.6. The Morgan fingerprint density at radius 2 is 1.73 bits per heavy atom. The van der Waals surface area contributed by atoms with E-state index in [0.29, 0.717) is 17.4 Å². The first-order chi connectivity index (χ1) is 10.5. The second-order valence-electron chi connectivity index (χ2n) is 5.34. The molecule has 0 N–H and O–H groups in total. The third-order valence-corrected chi connectivity index (χ3v) is 3.84. The lowest BCUT2D eigenvalue weighted by molar-refractivity contribution is -0.151. The zero-order valence-corrected chi connectivity index (χ0v) is 11.8. The van der Waals surface area contributed by atoms with Gasteiger partial charge in [-0.1, -0.05) is 36.4 Å². The first-order valence-electron chi connectivity index (χ1n) is 7.12. The zero-order valence-electron chi connectivity index (χ0n) is 11.8. The fourth-order valence-electron chi connectivity index (χ4n) is 2.68. The summed E-state index contributed by atoms with van der Waals surface area (Å²) in [6.45, 7) is 0. The number of rotatable bonds is 4. The van der Waals surface area contributed by atoms with Crippen LogP contribution in [0.1, 0.15) is 23.5 Å². The molecule has 0 radical (unpaired) electrons. The molecule has 1 atom stereocenters. The van der Waals surface area contributed by atoms with E-state index in [-0.39, 0.29) is 12.0 Å². The van der Waals surface area contributed by atoms with Crippen molar-refractivity contribution in [2.75, 3.05) is 0 Å². The van der Waals surface area contributed by atoms with E-state index < -0.39 is 12.1 Å². The number of halogens is 3. The van der Waals surface area contributed by atoms with Crippen molar-refractivity contribution < 1.29 is 17.6 Å². The first kappa shape index (κ1) is 14.7. The van der Waals surface area contributed by atoms with E-state index in [4.69, 9.17) is 4.42 Å². The fourth-order valence-corrected chi connectivity index (χ4v) is 2.68. The molecule has 0 saturated heterocycles. The number of hydrogen-bond donors (Lipinski definition) is 0. The molecule has 0 aliphatic carbocycles. The van der Waals surface area contributed by atoms with Crippen LogP contribution < -0.4 is 0 Å². The van der Waals surface area contributed by atoms with E-state index in [1.807, 2.05) is 30.3 Å². The van der Waals surface area contributed by atoms with Crippen molar-refractivity contribution in [3.8, 4) is 0 Å². The fraction of sp³-hybridized carbons (Fsp3) is 0.222. The van der Waals surface area contributed by atoms with Crippen LogP contribution in [-0.2, 0) is 6.42 Å². The highest BCUT2D eigenvalue weighted by Crippen LogP contribution is 2.39. The van der Waals surface area contributed by atoms with Crippen LogP contribution in [0.2, 0.25) is 0 Å². The highest BCUT2D eigenvalue weighted by atomic mass is 19.4. The van der Waals surface area contributed by atoms with Gasteiger partial charge in [0.1, 0.15) is 5.58 Å². The van der Waals surface area contributed by atoms with Gasteiger partial charge in [0.15, 0.2) is 0 Å². The molecule has 1 aromatic heterocycles. The molecular weight excluding hydrogens is 289 g/mol. The van der Waals surface area contributed by atoms with Gasteiger partial charge < -0.3 is 4.42 Å². The minimum absolute atomic E-state index is 0.0386. The number of hydrogen-bond acceptors (Lipinski definition) is 1. The van der Waals surface area contributed by atoms with Crippen LogP contribution in [0.25, 0.3) is 11.0 Å². The molecule has 0 saturated carbocycles. The maximum absolute atomic E-state index is 13.4. The number of alkyl halides is 3. The van der Waals surface area contributed by atoms with Crippen molar-refractivity contribution in [3.05, 3.63) is 72.0 Å². The summed E-state index contributed by atoms with van der Waals surface area (Å²) < 4.78 is 45.4. The topological polar surface area (TPSA) is 13.1 Å². The third-order valence-electron chi connectivity index (χ3n) is 3.84. The Morgan fingerprint density at radius 3 is 2.45 bits per heavy atom. The number of fused-ring (bicyclic) bond motifs is 1. The van der Waals surface area contributed by atoms with Crippen LogP contribution in [0.3, 0.4) is 0 Å². The van der Waals surface area contributed by atoms with Gasteiger partial charge in [0.05, 0.1) is 12.2 Å². The van der Waals surface area contributed by atoms with Crippen molar-refractivity contribution in [2.45, 2.75) is 24.9 Å². The summed E-state index contributed by atoms with van der Waals surface area (Å²) in [7, 11) is 0. The quantitative estimate of drug-likeness (QED) is 0.601. The maximum Gasteiger partial charge on any atom is 0.395 e. The second kappa shape index (κ2) is 5.87. The summed E-state index contributed by atoms with van der Waals surface area (Å²) in [5.74, 6) is -1.47. The molecule has 114 valence electrons. The van der Waals surface area contributed by atoms with Gasteiger partial charge in [-0.05, 0) is 42.2 Å². The molecule has 0 aliphatic rings. The van der Waals surface area contributed by atoms with Crippen molar-refractivity contribution in [1.82, 2.24) is 0 Å². The monoisotopic (exact) mass is 304 g/mol. The Balaban J connectivity index is 1.86. The molecule has 1 nitrogen and oxygen atoms in total. The lowest BCUT2D eigenvalue weighted by Crippen LogP contribution is -2.21. The first-order valence-corrected chi connectivity index (χ1v) is 7.12. The smallest absolute Gasteiger partial charge is 0.395 e. The van der Waals surface area contributed by atoms with Crippen LogP contribution in [0.15, 0.2) is 65.3 Å². The van der Waals surface area contributed by atoms with E-state index in [0.717, 1.165) is 5.56 Å². The van der Waals surface area contributed by atoms with E-state index >= 15 is 0 Å². The summed E-state index contributed by atoms with van der Waals surface area (Å²) in [5, 5.41) is 0.700. The minimum atomic E-state index is -4.26. The van der Waals surface area contributed by atoms with Gasteiger partial charge in [-0.2, -0.15) is 13.2 Å². The molecule has 0 amide bonds. The molecule has 1 heterocycles. The van der Waals surface area contributed by atoms with E-state index in [1.165, 1.54) is 12.3 Å². The number of benzene rings is 2. The highest BCUT2D eigenvalue weighted by Gasteiger charge is 2.40. The van der Waals surface area contributed by atoms with Gasteiger partial charge in [0, 0.05) is 5.39 Å². The predicted molar refractivity (Wildman–Crippen MR) is 79.8 cm³/mol. The molecular formula is C18H15F3O. The summed E-state index contributed by atoms with van der Waals surface area (Å²) in [6.07, 6.45) is -2.33. The normalized spacial score (nSPS) is 13.4. The van der Waals surface area contributed by atoms with E-state index in [1.54, 1.807) is 18.2 Å².